The minimum absolute atomic E-state index is 0.735. The molecule has 4 heteroatoms. The Kier molecular flexibility index (Phi) is 2.50. The summed E-state index contributed by atoms with van der Waals surface area (Å²) in [4.78, 5) is 2.12. The van der Waals surface area contributed by atoms with Crippen LogP contribution < -0.4 is 19.7 Å². The predicted molar refractivity (Wildman–Crippen MR) is 68.6 cm³/mol. The van der Waals surface area contributed by atoms with Crippen molar-refractivity contribution in [1.82, 2.24) is 0 Å². The van der Waals surface area contributed by atoms with Gasteiger partial charge in [-0.05, 0) is 6.42 Å². The van der Waals surface area contributed by atoms with E-state index < -0.39 is 0 Å². The van der Waals surface area contributed by atoms with Crippen molar-refractivity contribution in [2.75, 3.05) is 44.1 Å². The van der Waals surface area contributed by atoms with Crippen LogP contribution in [0.4, 0.5) is 11.4 Å². The summed E-state index contributed by atoms with van der Waals surface area (Å²) in [7, 11) is 4.12. The number of hydrogen-bond donors (Lipinski definition) is 1. The van der Waals surface area contributed by atoms with Crippen molar-refractivity contribution in [3.8, 4) is 11.5 Å². The molecule has 2 heterocycles. The smallest absolute Gasteiger partial charge is 0.184 e. The molecule has 0 aliphatic carbocycles. The molecule has 2 aliphatic rings. The topological polar surface area (TPSA) is 33.7 Å². The molecule has 0 radical (unpaired) electrons. The van der Waals surface area contributed by atoms with Crippen molar-refractivity contribution in [3.05, 3.63) is 11.6 Å². The summed E-state index contributed by atoms with van der Waals surface area (Å²) in [5.74, 6) is 1.79. The number of rotatable bonds is 1. The molecule has 0 amide bonds. The highest BCUT2D eigenvalue weighted by Crippen LogP contribution is 2.46. The molecule has 0 atom stereocenters. The Morgan fingerprint density at radius 1 is 1.24 bits per heavy atom. The maximum Gasteiger partial charge on any atom is 0.184 e. The monoisotopic (exact) mass is 234 g/mol. The average Bonchev–Trinajstić information content (AvgIpc) is 2.62. The molecule has 1 aromatic rings. The Balaban J connectivity index is 2.18. The summed E-state index contributed by atoms with van der Waals surface area (Å²) >= 11 is 0. The van der Waals surface area contributed by atoms with Crippen LogP contribution in [-0.4, -0.2) is 33.9 Å². The first-order chi connectivity index (χ1) is 8.27. The van der Waals surface area contributed by atoms with E-state index in [1.54, 1.807) is 0 Å². The quantitative estimate of drug-likeness (QED) is 0.804. The lowest BCUT2D eigenvalue weighted by molar-refractivity contribution is 0.297. The number of ether oxygens (including phenoxy) is 2. The van der Waals surface area contributed by atoms with E-state index in [-0.39, 0.29) is 0 Å². The van der Waals surface area contributed by atoms with Gasteiger partial charge in [-0.25, -0.2) is 0 Å². The molecule has 0 fully saturated rings. The second-order valence-corrected chi connectivity index (χ2v) is 4.70. The third kappa shape index (κ3) is 1.68. The van der Waals surface area contributed by atoms with Gasteiger partial charge in [0.15, 0.2) is 11.5 Å². The number of benzene rings is 1. The van der Waals surface area contributed by atoms with Gasteiger partial charge in [0.05, 0.1) is 18.9 Å². The highest BCUT2D eigenvalue weighted by atomic mass is 16.5. The number of fused-ring (bicyclic) bond motifs is 2. The Morgan fingerprint density at radius 3 is 2.88 bits per heavy atom. The second-order valence-electron chi connectivity index (χ2n) is 4.70. The SMILES string of the molecule is CN(C)c1c2c(cc3c1OCCCO3)NCC2. The molecule has 1 N–H and O–H groups in total. The largest absolute Gasteiger partial charge is 0.489 e. The summed E-state index contributed by atoms with van der Waals surface area (Å²) in [6.07, 6.45) is 2.00. The van der Waals surface area contributed by atoms with Crippen LogP contribution in [-0.2, 0) is 6.42 Å². The summed E-state index contributed by atoms with van der Waals surface area (Å²) in [5, 5.41) is 3.40. The molecule has 0 unspecified atom stereocenters. The van der Waals surface area contributed by atoms with Gasteiger partial charge >= 0.3 is 0 Å². The third-order valence-corrected chi connectivity index (χ3v) is 3.26. The lowest BCUT2D eigenvalue weighted by Crippen LogP contribution is -2.13. The molecule has 0 aromatic heterocycles. The normalized spacial score (nSPS) is 17.1. The van der Waals surface area contributed by atoms with Crippen LogP contribution in [0.1, 0.15) is 12.0 Å². The number of nitrogens with zero attached hydrogens (tertiary/aromatic N) is 1. The van der Waals surface area contributed by atoms with Crippen LogP contribution in [0.15, 0.2) is 6.07 Å². The predicted octanol–water partition coefficient (Wildman–Crippen LogP) is 1.88. The van der Waals surface area contributed by atoms with Gasteiger partial charge in [-0.1, -0.05) is 0 Å². The van der Waals surface area contributed by atoms with Gasteiger partial charge in [-0.3, -0.25) is 0 Å². The first-order valence-corrected chi connectivity index (χ1v) is 6.14. The Morgan fingerprint density at radius 2 is 2.06 bits per heavy atom. The van der Waals surface area contributed by atoms with E-state index in [1.165, 1.54) is 16.9 Å². The summed E-state index contributed by atoms with van der Waals surface area (Å²) < 4.78 is 11.6. The molecule has 1 aromatic carbocycles. The van der Waals surface area contributed by atoms with Gasteiger partial charge in [0.1, 0.15) is 0 Å². The van der Waals surface area contributed by atoms with Gasteiger partial charge in [-0.2, -0.15) is 0 Å². The van der Waals surface area contributed by atoms with Gasteiger partial charge < -0.3 is 19.7 Å². The highest BCUT2D eigenvalue weighted by molar-refractivity contribution is 5.79. The zero-order chi connectivity index (χ0) is 11.8. The van der Waals surface area contributed by atoms with Crippen LogP contribution in [0.3, 0.4) is 0 Å². The van der Waals surface area contributed by atoms with E-state index in [9.17, 15) is 0 Å². The van der Waals surface area contributed by atoms with E-state index >= 15 is 0 Å². The van der Waals surface area contributed by atoms with Crippen molar-refractivity contribution in [2.45, 2.75) is 12.8 Å². The van der Waals surface area contributed by atoms with Crippen LogP contribution in [0, 0.1) is 0 Å². The number of nitrogens with one attached hydrogen (secondary N) is 1. The standard InChI is InChI=1S/C13H18N2O2/c1-15(2)12-9-4-5-14-10(9)8-11-13(12)17-7-3-6-16-11/h8,14H,3-7H2,1-2H3. The van der Waals surface area contributed by atoms with Crippen LogP contribution >= 0.6 is 0 Å². The van der Waals surface area contributed by atoms with Gasteiger partial charge in [0.2, 0.25) is 0 Å². The molecule has 3 rings (SSSR count). The Hall–Kier alpha value is -1.58. The van der Waals surface area contributed by atoms with Gasteiger partial charge in [-0.15, -0.1) is 0 Å². The molecule has 0 bridgehead atoms. The first kappa shape index (κ1) is 10.6. The van der Waals surface area contributed by atoms with Crippen molar-refractivity contribution in [2.24, 2.45) is 0 Å². The zero-order valence-corrected chi connectivity index (χ0v) is 10.4. The average molecular weight is 234 g/mol. The van der Waals surface area contributed by atoms with Crippen molar-refractivity contribution >= 4 is 11.4 Å². The van der Waals surface area contributed by atoms with Gasteiger partial charge in [0.25, 0.3) is 0 Å². The molecular formula is C13H18N2O2. The lowest BCUT2D eigenvalue weighted by atomic mass is 10.1. The molecule has 92 valence electrons. The molecule has 4 nitrogen and oxygen atoms in total. The van der Waals surface area contributed by atoms with Crippen LogP contribution in [0.2, 0.25) is 0 Å². The van der Waals surface area contributed by atoms with E-state index in [0.29, 0.717) is 0 Å². The molecule has 0 spiro atoms. The van der Waals surface area contributed by atoms with Crippen molar-refractivity contribution in [1.29, 1.82) is 0 Å². The molecular weight excluding hydrogens is 216 g/mol. The number of hydrogen-bond acceptors (Lipinski definition) is 4. The molecule has 0 saturated heterocycles. The lowest BCUT2D eigenvalue weighted by Gasteiger charge is -2.22. The maximum atomic E-state index is 5.87. The van der Waals surface area contributed by atoms with E-state index in [1.807, 2.05) is 0 Å². The maximum absolute atomic E-state index is 5.87. The summed E-state index contributed by atoms with van der Waals surface area (Å²) in [6, 6.07) is 2.08. The van der Waals surface area contributed by atoms with Crippen LogP contribution in [0.5, 0.6) is 11.5 Å². The Labute approximate surface area is 102 Å². The Bertz CT molecular complexity index is 444. The fourth-order valence-electron chi connectivity index (χ4n) is 2.53. The fraction of sp³-hybridized carbons (Fsp3) is 0.538. The summed E-state index contributed by atoms with van der Waals surface area (Å²) in [6.45, 7) is 2.47. The molecule has 2 aliphatic heterocycles. The van der Waals surface area contributed by atoms with E-state index in [0.717, 1.165) is 44.1 Å². The van der Waals surface area contributed by atoms with Crippen molar-refractivity contribution in [3.63, 3.8) is 0 Å². The van der Waals surface area contributed by atoms with Crippen molar-refractivity contribution < 1.29 is 9.47 Å². The van der Waals surface area contributed by atoms with Gasteiger partial charge in [0, 0.05) is 44.4 Å². The number of anilines is 2. The zero-order valence-electron chi connectivity index (χ0n) is 10.4. The molecule has 17 heavy (non-hydrogen) atoms. The second kappa shape index (κ2) is 4.02. The van der Waals surface area contributed by atoms with E-state index in [4.69, 9.17) is 9.47 Å². The first-order valence-electron chi connectivity index (χ1n) is 6.14. The minimum atomic E-state index is 0.735. The molecule has 0 saturated carbocycles. The third-order valence-electron chi connectivity index (χ3n) is 3.26. The van der Waals surface area contributed by atoms with E-state index in [2.05, 4.69) is 30.4 Å². The fourth-order valence-corrected chi connectivity index (χ4v) is 2.53. The highest BCUT2D eigenvalue weighted by Gasteiger charge is 2.25. The summed E-state index contributed by atoms with van der Waals surface area (Å²) in [5.41, 5.74) is 3.71. The van der Waals surface area contributed by atoms with Crippen LogP contribution in [0.25, 0.3) is 0 Å². The minimum Gasteiger partial charge on any atom is -0.489 e.